The molecule has 2 aromatic heterocycles. The zero-order valence-electron chi connectivity index (χ0n) is 23.3. The standard InChI is InChI=1S/C28H27ClF2N6O4S/c1-28(2,3)41-27(38)34-22(11-15-8-17(30)12-18(31)9-15)24-20(10-16(13-32)14-33-24)19-6-7-21(29)23-25(19)37(4)35-26(23)36-42(5,39)40/h6-10,12,14,22H,11H2,1-5H3,(H,34,38)(H,35,36)/t22-/m0/s1. The minimum Gasteiger partial charge on any atom is -0.444 e. The fourth-order valence-electron chi connectivity index (χ4n) is 4.50. The number of nitrogens with zero attached hydrogens (tertiary/aromatic N) is 4. The third-order valence-electron chi connectivity index (χ3n) is 5.94. The largest absolute Gasteiger partial charge is 0.444 e. The Balaban J connectivity index is 1.96. The lowest BCUT2D eigenvalue weighted by molar-refractivity contribution is 0.0502. The maximum Gasteiger partial charge on any atom is 0.408 e. The molecule has 0 aliphatic heterocycles. The van der Waals surface area contributed by atoms with Gasteiger partial charge in [-0.05, 0) is 57.0 Å². The van der Waals surface area contributed by atoms with Gasteiger partial charge in [0.15, 0.2) is 5.82 Å². The van der Waals surface area contributed by atoms with Crippen LogP contribution in [0.25, 0.3) is 22.0 Å². The van der Waals surface area contributed by atoms with Crippen LogP contribution in [0.3, 0.4) is 0 Å². The normalized spacial score (nSPS) is 12.5. The Labute approximate surface area is 246 Å². The Kier molecular flexibility index (Phi) is 8.43. The van der Waals surface area contributed by atoms with Gasteiger partial charge in [-0.2, -0.15) is 10.4 Å². The summed E-state index contributed by atoms with van der Waals surface area (Å²) in [6, 6.07) is 8.78. The number of ether oxygens (including phenoxy) is 1. The number of sulfonamides is 1. The molecule has 0 spiro atoms. The maximum atomic E-state index is 14.1. The first-order chi connectivity index (χ1) is 19.5. The molecule has 1 amide bonds. The molecular formula is C28H27ClF2N6O4S. The van der Waals surface area contributed by atoms with Crippen molar-refractivity contribution in [1.29, 1.82) is 5.26 Å². The number of hydrogen-bond donors (Lipinski definition) is 2. The molecule has 14 heteroatoms. The number of carbonyl (C=O) groups excluding carboxylic acids is 1. The Hall–Kier alpha value is -4.28. The minimum absolute atomic E-state index is 0.00790. The van der Waals surface area contributed by atoms with Crippen molar-refractivity contribution >= 4 is 44.4 Å². The summed E-state index contributed by atoms with van der Waals surface area (Å²) in [6.07, 6.45) is 1.39. The Morgan fingerprint density at radius 2 is 1.83 bits per heavy atom. The third kappa shape index (κ3) is 7.13. The van der Waals surface area contributed by atoms with E-state index in [1.54, 1.807) is 33.9 Å². The molecular weight excluding hydrogens is 590 g/mol. The minimum atomic E-state index is -3.71. The Bertz CT molecular complexity index is 1830. The summed E-state index contributed by atoms with van der Waals surface area (Å²) in [5, 5.41) is 17.2. The maximum absolute atomic E-state index is 14.1. The van der Waals surface area contributed by atoms with Gasteiger partial charge in [-0.15, -0.1) is 0 Å². The summed E-state index contributed by atoms with van der Waals surface area (Å²) in [7, 11) is -2.13. The zero-order valence-corrected chi connectivity index (χ0v) is 24.9. The van der Waals surface area contributed by atoms with Crippen LogP contribution in [0.15, 0.2) is 42.6 Å². The number of carbonyl (C=O) groups is 1. The van der Waals surface area contributed by atoms with E-state index < -0.39 is 39.4 Å². The van der Waals surface area contributed by atoms with Crippen LogP contribution < -0.4 is 10.0 Å². The molecule has 2 N–H and O–H groups in total. The average molecular weight is 617 g/mol. The highest BCUT2D eigenvalue weighted by atomic mass is 35.5. The predicted octanol–water partition coefficient (Wildman–Crippen LogP) is 5.62. The van der Waals surface area contributed by atoms with Crippen molar-refractivity contribution in [2.75, 3.05) is 11.0 Å². The Morgan fingerprint density at radius 3 is 2.43 bits per heavy atom. The number of nitriles is 1. The van der Waals surface area contributed by atoms with Gasteiger partial charge in [0.05, 0.1) is 39.5 Å². The summed E-state index contributed by atoms with van der Waals surface area (Å²) in [5.41, 5.74) is 1.02. The van der Waals surface area contributed by atoms with Gasteiger partial charge in [0.25, 0.3) is 0 Å². The second-order valence-electron chi connectivity index (χ2n) is 10.6. The number of rotatable bonds is 7. The van der Waals surface area contributed by atoms with E-state index in [-0.39, 0.29) is 34.1 Å². The molecule has 0 aliphatic rings. The van der Waals surface area contributed by atoms with Crippen LogP contribution in [-0.2, 0) is 28.2 Å². The molecule has 1 atom stereocenters. The molecule has 2 aromatic carbocycles. The van der Waals surface area contributed by atoms with Gasteiger partial charge in [-0.25, -0.2) is 22.0 Å². The molecule has 10 nitrogen and oxygen atoms in total. The molecule has 220 valence electrons. The van der Waals surface area contributed by atoms with E-state index in [2.05, 4.69) is 20.1 Å². The first kappa shape index (κ1) is 30.7. The van der Waals surface area contributed by atoms with Crippen molar-refractivity contribution in [1.82, 2.24) is 20.1 Å². The summed E-state index contributed by atoms with van der Waals surface area (Å²) in [6.45, 7) is 5.05. The number of anilines is 1. The first-order valence-electron chi connectivity index (χ1n) is 12.5. The number of pyridine rings is 1. The molecule has 0 radical (unpaired) electrons. The van der Waals surface area contributed by atoms with Crippen molar-refractivity contribution < 1.29 is 26.7 Å². The number of nitrogens with one attached hydrogen (secondary N) is 2. The average Bonchev–Trinajstić information content (AvgIpc) is 3.16. The van der Waals surface area contributed by atoms with E-state index in [4.69, 9.17) is 16.3 Å². The predicted molar refractivity (Wildman–Crippen MR) is 154 cm³/mol. The van der Waals surface area contributed by atoms with E-state index in [0.717, 1.165) is 24.5 Å². The summed E-state index contributed by atoms with van der Waals surface area (Å²) in [4.78, 5) is 17.4. The van der Waals surface area contributed by atoms with E-state index in [1.165, 1.54) is 23.0 Å². The molecule has 4 aromatic rings. The van der Waals surface area contributed by atoms with Crippen molar-refractivity contribution in [2.45, 2.75) is 38.8 Å². The summed E-state index contributed by atoms with van der Waals surface area (Å²) >= 11 is 6.49. The topological polar surface area (TPSA) is 139 Å². The van der Waals surface area contributed by atoms with E-state index in [9.17, 15) is 27.3 Å². The van der Waals surface area contributed by atoms with Crippen LogP contribution >= 0.6 is 11.6 Å². The fourth-order valence-corrected chi connectivity index (χ4v) is 5.24. The molecule has 0 saturated carbocycles. The number of amides is 1. The van der Waals surface area contributed by atoms with Crippen LogP contribution in [0, 0.1) is 23.0 Å². The molecule has 0 bridgehead atoms. The lowest BCUT2D eigenvalue weighted by atomic mass is 9.93. The highest BCUT2D eigenvalue weighted by molar-refractivity contribution is 7.92. The van der Waals surface area contributed by atoms with E-state index in [1.807, 2.05) is 6.07 Å². The van der Waals surface area contributed by atoms with Gasteiger partial charge in [0.1, 0.15) is 23.3 Å². The third-order valence-corrected chi connectivity index (χ3v) is 6.82. The second-order valence-corrected chi connectivity index (χ2v) is 12.8. The van der Waals surface area contributed by atoms with Crippen LogP contribution in [-0.4, -0.2) is 41.1 Å². The summed E-state index contributed by atoms with van der Waals surface area (Å²) < 4.78 is 61.5. The van der Waals surface area contributed by atoms with Crippen LogP contribution in [0.5, 0.6) is 0 Å². The molecule has 2 heterocycles. The number of alkyl carbamates (subject to hydrolysis) is 1. The zero-order chi connectivity index (χ0) is 31.0. The van der Waals surface area contributed by atoms with Crippen molar-refractivity contribution in [2.24, 2.45) is 7.05 Å². The first-order valence-corrected chi connectivity index (χ1v) is 14.8. The van der Waals surface area contributed by atoms with Gasteiger partial charge in [0.2, 0.25) is 10.0 Å². The Morgan fingerprint density at radius 1 is 1.17 bits per heavy atom. The summed E-state index contributed by atoms with van der Waals surface area (Å²) in [5.74, 6) is -1.60. The number of aromatic nitrogens is 3. The highest BCUT2D eigenvalue weighted by Gasteiger charge is 2.27. The lowest BCUT2D eigenvalue weighted by Crippen LogP contribution is -2.36. The molecule has 0 saturated heterocycles. The van der Waals surface area contributed by atoms with Crippen LogP contribution in [0.2, 0.25) is 5.02 Å². The number of halogens is 3. The van der Waals surface area contributed by atoms with Gasteiger partial charge < -0.3 is 10.1 Å². The van der Waals surface area contributed by atoms with Gasteiger partial charge in [-0.1, -0.05) is 17.7 Å². The van der Waals surface area contributed by atoms with Crippen LogP contribution in [0.1, 0.15) is 43.6 Å². The van der Waals surface area contributed by atoms with E-state index >= 15 is 0 Å². The lowest BCUT2D eigenvalue weighted by Gasteiger charge is -2.25. The van der Waals surface area contributed by atoms with Gasteiger partial charge in [-0.3, -0.25) is 14.4 Å². The molecule has 4 rings (SSSR count). The van der Waals surface area contributed by atoms with Crippen molar-refractivity contribution in [3.63, 3.8) is 0 Å². The number of benzene rings is 2. The van der Waals surface area contributed by atoms with Crippen molar-refractivity contribution in [3.05, 3.63) is 76.1 Å². The monoisotopic (exact) mass is 616 g/mol. The number of hydrogen-bond acceptors (Lipinski definition) is 7. The fraction of sp³-hybridized carbons (Fsp3) is 0.286. The van der Waals surface area contributed by atoms with Gasteiger partial charge >= 0.3 is 6.09 Å². The van der Waals surface area contributed by atoms with E-state index in [0.29, 0.717) is 22.0 Å². The van der Waals surface area contributed by atoms with Crippen molar-refractivity contribution in [3.8, 4) is 17.2 Å². The molecule has 42 heavy (non-hydrogen) atoms. The van der Waals surface area contributed by atoms with Gasteiger partial charge in [0, 0.05) is 30.4 Å². The molecule has 0 unspecified atom stereocenters. The number of aryl methyl sites for hydroxylation is 1. The van der Waals surface area contributed by atoms with Crippen LogP contribution in [0.4, 0.5) is 19.4 Å². The molecule has 0 fully saturated rings. The smallest absolute Gasteiger partial charge is 0.408 e. The molecule has 0 aliphatic carbocycles. The SMILES string of the molecule is Cn1nc(NS(C)(=O)=O)c2c(Cl)ccc(-c3cc(C#N)cnc3[C@H](Cc3cc(F)cc(F)c3)NC(=O)OC(C)(C)C)c21. The number of fused-ring (bicyclic) bond motifs is 1. The quantitative estimate of drug-likeness (QED) is 0.275. The second kappa shape index (κ2) is 11.5. The highest BCUT2D eigenvalue weighted by Crippen LogP contribution is 2.40.